The molecule has 0 aliphatic rings. The van der Waals surface area contributed by atoms with E-state index in [1.807, 2.05) is 42.8 Å². The topological polar surface area (TPSA) is 94.8 Å². The highest BCUT2D eigenvalue weighted by Crippen LogP contribution is 2.14. The molecule has 8 heteroatoms. The van der Waals surface area contributed by atoms with Crippen LogP contribution in [0.2, 0.25) is 0 Å². The molecule has 1 N–H and O–H groups in total. The summed E-state index contributed by atoms with van der Waals surface area (Å²) in [5.74, 6) is 1.59. The summed E-state index contributed by atoms with van der Waals surface area (Å²) in [6.45, 7) is 4.35. The van der Waals surface area contributed by atoms with E-state index in [1.54, 1.807) is 0 Å². The van der Waals surface area contributed by atoms with Crippen molar-refractivity contribution in [2.24, 2.45) is 0 Å². The van der Waals surface area contributed by atoms with Gasteiger partial charge in [-0.3, -0.25) is 4.79 Å². The number of aryl methyl sites for hydroxylation is 2. The van der Waals surface area contributed by atoms with Crippen LogP contribution in [0.25, 0.3) is 0 Å². The predicted octanol–water partition coefficient (Wildman–Crippen LogP) is 1.99. The fraction of sp³-hybridized carbons (Fsp3) is 0.235. The van der Waals surface area contributed by atoms with Gasteiger partial charge in [0.05, 0.1) is 13.7 Å². The Balaban J connectivity index is 1.75. The van der Waals surface area contributed by atoms with E-state index in [0.29, 0.717) is 18.1 Å². The van der Waals surface area contributed by atoms with Gasteiger partial charge in [0.15, 0.2) is 0 Å². The summed E-state index contributed by atoms with van der Waals surface area (Å²) in [5, 5.41) is 7.18. The molecule has 1 aromatic carbocycles. The largest absolute Gasteiger partial charge is 0.481 e. The van der Waals surface area contributed by atoms with Gasteiger partial charge in [0.2, 0.25) is 5.88 Å². The van der Waals surface area contributed by atoms with Crippen LogP contribution in [0.1, 0.15) is 27.7 Å². The molecule has 0 atom stereocenters. The molecule has 0 aliphatic heterocycles. The second-order valence-electron chi connectivity index (χ2n) is 5.46. The molecule has 0 unspecified atom stereocenters. The average Bonchev–Trinajstić information content (AvgIpc) is 2.92. The van der Waals surface area contributed by atoms with Crippen molar-refractivity contribution >= 4 is 11.6 Å². The van der Waals surface area contributed by atoms with Gasteiger partial charge in [-0.25, -0.2) is 19.6 Å². The molecule has 0 saturated heterocycles. The number of hydrogen-bond donors (Lipinski definition) is 1. The molecular weight excluding hydrogens is 320 g/mol. The van der Waals surface area contributed by atoms with E-state index in [4.69, 9.17) is 4.74 Å². The van der Waals surface area contributed by atoms with Gasteiger partial charge in [0, 0.05) is 11.8 Å². The Morgan fingerprint density at radius 1 is 1.24 bits per heavy atom. The summed E-state index contributed by atoms with van der Waals surface area (Å²) in [5.41, 5.74) is 1.92. The lowest BCUT2D eigenvalue weighted by molar-refractivity contribution is 0.102. The van der Waals surface area contributed by atoms with Gasteiger partial charge < -0.3 is 10.1 Å². The van der Waals surface area contributed by atoms with Gasteiger partial charge in [0.1, 0.15) is 23.7 Å². The highest BCUT2D eigenvalue weighted by atomic mass is 16.5. The van der Waals surface area contributed by atoms with Crippen molar-refractivity contribution in [2.75, 3.05) is 12.4 Å². The second kappa shape index (κ2) is 7.08. The molecule has 8 nitrogen and oxygen atoms in total. The highest BCUT2D eigenvalue weighted by molar-refractivity contribution is 6.02. The Morgan fingerprint density at radius 3 is 2.80 bits per heavy atom. The van der Waals surface area contributed by atoms with Gasteiger partial charge in [0.25, 0.3) is 5.91 Å². The molecule has 0 bridgehead atoms. The van der Waals surface area contributed by atoms with Crippen molar-refractivity contribution in [3.63, 3.8) is 0 Å². The van der Waals surface area contributed by atoms with Crippen LogP contribution in [0, 0.1) is 13.8 Å². The molecule has 3 aromatic rings. The number of carbonyl (C=O) groups excluding carboxylic acids is 1. The van der Waals surface area contributed by atoms with E-state index in [-0.39, 0.29) is 11.6 Å². The summed E-state index contributed by atoms with van der Waals surface area (Å²) in [6.07, 6.45) is 1.29. The molecule has 3 rings (SSSR count). The van der Waals surface area contributed by atoms with Crippen LogP contribution in [-0.2, 0) is 6.54 Å². The first-order valence-corrected chi connectivity index (χ1v) is 7.69. The van der Waals surface area contributed by atoms with E-state index in [9.17, 15) is 4.79 Å². The monoisotopic (exact) mass is 338 g/mol. The van der Waals surface area contributed by atoms with Crippen LogP contribution in [-0.4, -0.2) is 37.7 Å². The number of aromatic nitrogens is 5. The maximum atomic E-state index is 12.3. The highest BCUT2D eigenvalue weighted by Gasteiger charge is 2.10. The van der Waals surface area contributed by atoms with E-state index in [0.717, 1.165) is 17.2 Å². The van der Waals surface area contributed by atoms with E-state index in [1.165, 1.54) is 19.5 Å². The van der Waals surface area contributed by atoms with Crippen molar-refractivity contribution in [2.45, 2.75) is 20.4 Å². The summed E-state index contributed by atoms with van der Waals surface area (Å²) >= 11 is 0. The standard InChI is InChI=1S/C17H18N6O2/c1-11-20-12(2)23(22-11)9-13-5-4-6-14(7-13)21-17(24)15-8-16(25-3)19-10-18-15/h4-8,10H,9H2,1-3H3,(H,21,24). The molecule has 0 radical (unpaired) electrons. The van der Waals surface area contributed by atoms with Crippen molar-refractivity contribution in [1.82, 2.24) is 24.7 Å². The van der Waals surface area contributed by atoms with Crippen molar-refractivity contribution in [3.8, 4) is 5.88 Å². The first kappa shape index (κ1) is 16.6. The smallest absolute Gasteiger partial charge is 0.274 e. The number of benzene rings is 1. The first-order valence-electron chi connectivity index (χ1n) is 7.69. The number of hydrogen-bond acceptors (Lipinski definition) is 6. The lowest BCUT2D eigenvalue weighted by Gasteiger charge is -2.08. The minimum atomic E-state index is -0.328. The molecule has 1 amide bonds. The lowest BCUT2D eigenvalue weighted by Crippen LogP contribution is -2.14. The van der Waals surface area contributed by atoms with Crippen molar-refractivity contribution in [1.29, 1.82) is 0 Å². The molecule has 128 valence electrons. The summed E-state index contributed by atoms with van der Waals surface area (Å²) in [7, 11) is 1.49. The van der Waals surface area contributed by atoms with Crippen molar-refractivity contribution < 1.29 is 9.53 Å². The van der Waals surface area contributed by atoms with Crippen LogP contribution >= 0.6 is 0 Å². The van der Waals surface area contributed by atoms with Crippen molar-refractivity contribution in [3.05, 3.63) is 59.6 Å². The molecule has 25 heavy (non-hydrogen) atoms. The fourth-order valence-electron chi connectivity index (χ4n) is 2.40. The molecule has 0 aliphatic carbocycles. The number of rotatable bonds is 5. The SMILES string of the molecule is COc1cc(C(=O)Nc2cccc(Cn3nc(C)nc3C)c2)ncn1. The van der Waals surface area contributed by atoms with Crippen LogP contribution in [0.15, 0.2) is 36.7 Å². The summed E-state index contributed by atoms with van der Waals surface area (Å²) in [6, 6.07) is 9.05. The Kier molecular flexibility index (Phi) is 4.69. The quantitative estimate of drug-likeness (QED) is 0.764. The number of nitrogens with zero attached hydrogens (tertiary/aromatic N) is 5. The zero-order valence-electron chi connectivity index (χ0n) is 14.2. The zero-order valence-corrected chi connectivity index (χ0v) is 14.2. The number of nitrogens with one attached hydrogen (secondary N) is 1. The Labute approximate surface area is 144 Å². The average molecular weight is 338 g/mol. The van der Waals surface area contributed by atoms with Gasteiger partial charge in [-0.2, -0.15) is 5.10 Å². The lowest BCUT2D eigenvalue weighted by atomic mass is 10.2. The molecule has 2 aromatic heterocycles. The van der Waals surface area contributed by atoms with Crippen LogP contribution in [0.4, 0.5) is 5.69 Å². The van der Waals surface area contributed by atoms with E-state index >= 15 is 0 Å². The minimum Gasteiger partial charge on any atom is -0.481 e. The van der Waals surface area contributed by atoms with Crippen LogP contribution in [0.5, 0.6) is 5.88 Å². The molecule has 0 saturated carbocycles. The van der Waals surface area contributed by atoms with Gasteiger partial charge in [-0.15, -0.1) is 0 Å². The Bertz CT molecular complexity index is 906. The predicted molar refractivity (Wildman–Crippen MR) is 91.6 cm³/mol. The zero-order chi connectivity index (χ0) is 17.8. The van der Waals surface area contributed by atoms with Crippen LogP contribution < -0.4 is 10.1 Å². The third-order valence-corrected chi connectivity index (χ3v) is 3.56. The number of amides is 1. The molecular formula is C17H18N6O2. The molecule has 2 heterocycles. The third kappa shape index (κ3) is 3.97. The number of carbonyl (C=O) groups is 1. The summed E-state index contributed by atoms with van der Waals surface area (Å²) < 4.78 is 6.83. The maximum Gasteiger partial charge on any atom is 0.274 e. The number of anilines is 1. The minimum absolute atomic E-state index is 0.236. The van der Waals surface area contributed by atoms with E-state index < -0.39 is 0 Å². The fourth-order valence-corrected chi connectivity index (χ4v) is 2.40. The summed E-state index contributed by atoms with van der Waals surface area (Å²) in [4.78, 5) is 24.5. The molecule has 0 fully saturated rings. The van der Waals surface area contributed by atoms with Gasteiger partial charge >= 0.3 is 0 Å². The number of ether oxygens (including phenoxy) is 1. The van der Waals surface area contributed by atoms with E-state index in [2.05, 4.69) is 25.4 Å². The third-order valence-electron chi connectivity index (χ3n) is 3.56. The maximum absolute atomic E-state index is 12.3. The molecule has 0 spiro atoms. The Morgan fingerprint density at radius 2 is 2.08 bits per heavy atom. The van der Waals surface area contributed by atoms with Crippen LogP contribution in [0.3, 0.4) is 0 Å². The van der Waals surface area contributed by atoms with Gasteiger partial charge in [-0.1, -0.05) is 12.1 Å². The second-order valence-corrected chi connectivity index (χ2v) is 5.46. The normalized spacial score (nSPS) is 10.5. The number of methoxy groups -OCH3 is 1. The first-order chi connectivity index (χ1) is 12.0. The Hall–Kier alpha value is -3.29. The van der Waals surface area contributed by atoms with Gasteiger partial charge in [-0.05, 0) is 31.5 Å².